The van der Waals surface area contributed by atoms with Crippen LogP contribution < -0.4 is 14.6 Å². The van der Waals surface area contributed by atoms with E-state index in [2.05, 4.69) is 4.72 Å². The average Bonchev–Trinajstić information content (AvgIpc) is 2.54. The van der Waals surface area contributed by atoms with Crippen LogP contribution in [0.2, 0.25) is 0 Å². The van der Waals surface area contributed by atoms with Crippen LogP contribution in [0.15, 0.2) is 59.5 Å². The van der Waals surface area contributed by atoms with Gasteiger partial charge < -0.3 is 14.6 Å². The van der Waals surface area contributed by atoms with E-state index >= 15 is 0 Å². The topological polar surface area (TPSA) is 95.5 Å². The quantitative estimate of drug-likeness (QED) is 0.770. The van der Waals surface area contributed by atoms with Crippen molar-refractivity contribution >= 4 is 16.0 Å². The van der Waals surface area contributed by atoms with Gasteiger partial charge in [-0.1, -0.05) is 30.3 Å². The molecular weight excluding hydrogens is 342 g/mol. The molecule has 0 aliphatic heterocycles. The summed E-state index contributed by atoms with van der Waals surface area (Å²) in [7, 11) is -3.85. The van der Waals surface area contributed by atoms with Gasteiger partial charge in [-0.3, -0.25) is 0 Å². The van der Waals surface area contributed by atoms with E-state index in [1.165, 1.54) is 12.1 Å². The predicted octanol–water partition coefficient (Wildman–Crippen LogP) is 1.63. The Morgan fingerprint density at radius 2 is 1.68 bits per heavy atom. The molecule has 0 aliphatic rings. The van der Waals surface area contributed by atoms with Crippen molar-refractivity contribution in [3.8, 4) is 5.75 Å². The maximum Gasteiger partial charge on any atom is 0.241 e. The van der Waals surface area contributed by atoms with Crippen LogP contribution >= 0.6 is 0 Å². The van der Waals surface area contributed by atoms with Crippen LogP contribution in [0.4, 0.5) is 0 Å². The molecule has 6 nitrogen and oxygen atoms in total. The maximum absolute atomic E-state index is 12.5. The Hall–Kier alpha value is -2.38. The van der Waals surface area contributed by atoms with Gasteiger partial charge in [-0.15, -0.1) is 0 Å². The molecule has 25 heavy (non-hydrogen) atoms. The first-order chi connectivity index (χ1) is 11.8. The molecule has 0 saturated heterocycles. The lowest BCUT2D eigenvalue weighted by Gasteiger charge is -2.20. The molecule has 1 N–H and O–H groups in total. The molecule has 1 atom stereocenters. The molecule has 0 heterocycles. The van der Waals surface area contributed by atoms with Crippen molar-refractivity contribution in [3.63, 3.8) is 0 Å². The number of aliphatic carboxylic acids is 1. The van der Waals surface area contributed by atoms with Gasteiger partial charge in [0.1, 0.15) is 5.75 Å². The molecule has 0 amide bonds. The summed E-state index contributed by atoms with van der Waals surface area (Å²) in [5.74, 6) is -0.722. The summed E-state index contributed by atoms with van der Waals surface area (Å²) in [5, 5.41) is 11.0. The fourth-order valence-corrected chi connectivity index (χ4v) is 3.55. The molecule has 2 aromatic rings. The second kappa shape index (κ2) is 8.13. The van der Waals surface area contributed by atoms with Crippen molar-refractivity contribution in [2.24, 2.45) is 0 Å². The smallest absolute Gasteiger partial charge is 0.241 e. The van der Waals surface area contributed by atoms with Gasteiger partial charge >= 0.3 is 0 Å². The lowest BCUT2D eigenvalue weighted by atomic mass is 10.0. The second-order valence-electron chi connectivity index (χ2n) is 5.80. The standard InChI is InChI=1S/C18H21NO5S/c1-13(2)24-15-10-8-14(9-11-15)17(12-18(20)21)19-25(22,23)16-6-4-3-5-7-16/h3-11,13,17,19H,12H2,1-2H3,(H,20,21)/p-1/t17-/m1/s1. The van der Waals surface area contributed by atoms with E-state index in [-0.39, 0.29) is 11.0 Å². The lowest BCUT2D eigenvalue weighted by molar-refractivity contribution is -0.306. The normalized spacial score (nSPS) is 12.8. The SMILES string of the molecule is CC(C)Oc1ccc([C@@H](CC(=O)[O-])NS(=O)(=O)c2ccccc2)cc1. The Morgan fingerprint density at radius 3 is 2.20 bits per heavy atom. The number of ether oxygens (including phenoxy) is 1. The number of hydrogen-bond acceptors (Lipinski definition) is 5. The van der Waals surface area contributed by atoms with E-state index in [1.807, 2.05) is 13.8 Å². The molecule has 0 fully saturated rings. The third-order valence-corrected chi connectivity index (χ3v) is 4.86. The van der Waals surface area contributed by atoms with E-state index in [0.717, 1.165) is 0 Å². The molecule has 2 rings (SSSR count). The lowest BCUT2D eigenvalue weighted by Crippen LogP contribution is -2.34. The molecule has 0 saturated carbocycles. The third kappa shape index (κ3) is 5.58. The summed E-state index contributed by atoms with van der Waals surface area (Å²) in [5.41, 5.74) is 0.514. The van der Waals surface area contributed by atoms with Gasteiger partial charge in [0, 0.05) is 12.4 Å². The Bertz CT molecular complexity index is 801. The van der Waals surface area contributed by atoms with Gasteiger partial charge in [-0.05, 0) is 43.7 Å². The minimum atomic E-state index is -3.85. The Labute approximate surface area is 147 Å². The highest BCUT2D eigenvalue weighted by Crippen LogP contribution is 2.23. The highest BCUT2D eigenvalue weighted by Gasteiger charge is 2.21. The monoisotopic (exact) mass is 362 g/mol. The number of benzene rings is 2. The van der Waals surface area contributed by atoms with Crippen molar-refractivity contribution in [1.29, 1.82) is 0 Å². The molecular formula is C18H20NO5S-. The van der Waals surface area contributed by atoms with Crippen LogP contribution in [0.1, 0.15) is 31.9 Å². The number of nitrogens with one attached hydrogen (secondary N) is 1. The third-order valence-electron chi connectivity index (χ3n) is 3.38. The van der Waals surface area contributed by atoms with Crippen molar-refractivity contribution in [2.75, 3.05) is 0 Å². The van der Waals surface area contributed by atoms with Crippen molar-refractivity contribution in [2.45, 2.75) is 37.3 Å². The molecule has 0 radical (unpaired) electrons. The van der Waals surface area contributed by atoms with Crippen LogP contribution in [0.25, 0.3) is 0 Å². The van der Waals surface area contributed by atoms with E-state index in [1.54, 1.807) is 42.5 Å². The van der Waals surface area contributed by atoms with E-state index in [9.17, 15) is 18.3 Å². The fraction of sp³-hybridized carbons (Fsp3) is 0.278. The van der Waals surface area contributed by atoms with Crippen molar-refractivity contribution in [1.82, 2.24) is 4.72 Å². The van der Waals surface area contributed by atoms with Crippen molar-refractivity contribution in [3.05, 3.63) is 60.2 Å². The Kier molecular flexibility index (Phi) is 6.17. The summed E-state index contributed by atoms with van der Waals surface area (Å²) in [6.45, 7) is 3.78. The molecule has 134 valence electrons. The van der Waals surface area contributed by atoms with Crippen LogP contribution in [-0.2, 0) is 14.8 Å². The summed E-state index contributed by atoms with van der Waals surface area (Å²) >= 11 is 0. The van der Waals surface area contributed by atoms with Gasteiger partial charge in [0.25, 0.3) is 0 Å². The predicted molar refractivity (Wildman–Crippen MR) is 91.3 cm³/mol. The molecule has 0 spiro atoms. The maximum atomic E-state index is 12.5. The molecule has 2 aromatic carbocycles. The highest BCUT2D eigenvalue weighted by atomic mass is 32.2. The van der Waals surface area contributed by atoms with Gasteiger partial charge in [-0.25, -0.2) is 13.1 Å². The van der Waals surface area contributed by atoms with Gasteiger partial charge in [0.15, 0.2) is 0 Å². The van der Waals surface area contributed by atoms with Crippen LogP contribution in [-0.4, -0.2) is 20.5 Å². The summed E-state index contributed by atoms with van der Waals surface area (Å²) < 4.78 is 32.9. The number of carbonyl (C=O) groups excluding carboxylic acids is 1. The van der Waals surface area contributed by atoms with Crippen LogP contribution in [0, 0.1) is 0 Å². The van der Waals surface area contributed by atoms with Gasteiger partial charge in [0.2, 0.25) is 10.0 Å². The zero-order chi connectivity index (χ0) is 18.4. The molecule has 7 heteroatoms. The zero-order valence-corrected chi connectivity index (χ0v) is 14.8. The number of carbonyl (C=O) groups is 1. The van der Waals surface area contributed by atoms with Crippen LogP contribution in [0.3, 0.4) is 0 Å². The molecule has 0 unspecified atom stereocenters. The average molecular weight is 362 g/mol. The number of carboxylic acids is 1. The Morgan fingerprint density at radius 1 is 1.08 bits per heavy atom. The minimum Gasteiger partial charge on any atom is -0.550 e. The summed E-state index contributed by atoms with van der Waals surface area (Å²) in [4.78, 5) is 11.1. The number of rotatable bonds is 8. The summed E-state index contributed by atoms with van der Waals surface area (Å²) in [6, 6.07) is 13.5. The first-order valence-corrected chi connectivity index (χ1v) is 9.30. The van der Waals surface area contributed by atoms with E-state index < -0.39 is 28.5 Å². The van der Waals surface area contributed by atoms with Crippen molar-refractivity contribution < 1.29 is 23.1 Å². The number of hydrogen-bond donors (Lipinski definition) is 1. The molecule has 0 bridgehead atoms. The van der Waals surface area contributed by atoms with E-state index in [0.29, 0.717) is 11.3 Å². The van der Waals surface area contributed by atoms with E-state index in [4.69, 9.17) is 4.74 Å². The number of sulfonamides is 1. The first-order valence-electron chi connectivity index (χ1n) is 7.82. The van der Waals surface area contributed by atoms with Gasteiger partial charge in [0.05, 0.1) is 17.0 Å². The minimum absolute atomic E-state index is 0.00134. The Balaban J connectivity index is 2.26. The highest BCUT2D eigenvalue weighted by molar-refractivity contribution is 7.89. The first kappa shape index (κ1) is 19.0. The fourth-order valence-electron chi connectivity index (χ4n) is 2.30. The molecule has 0 aromatic heterocycles. The largest absolute Gasteiger partial charge is 0.550 e. The van der Waals surface area contributed by atoms with Crippen LogP contribution in [0.5, 0.6) is 5.75 Å². The summed E-state index contributed by atoms with van der Waals surface area (Å²) in [6.07, 6.45) is -0.474. The zero-order valence-electron chi connectivity index (χ0n) is 14.0. The van der Waals surface area contributed by atoms with Gasteiger partial charge in [-0.2, -0.15) is 0 Å². The second-order valence-corrected chi connectivity index (χ2v) is 7.51. The number of carboxylic acid groups (broad SMARTS) is 1. The molecule has 0 aliphatic carbocycles.